The van der Waals surface area contributed by atoms with Gasteiger partial charge in [0.15, 0.2) is 0 Å². The zero-order chi connectivity index (χ0) is 14.1. The number of carbonyl (C=O) groups is 1. The van der Waals surface area contributed by atoms with Gasteiger partial charge < -0.3 is 4.74 Å². The van der Waals surface area contributed by atoms with Crippen LogP contribution in [0.15, 0.2) is 30.3 Å². The fraction of sp³-hybridized carbons (Fsp3) is 0.400. The molecule has 2 nitrogen and oxygen atoms in total. The smallest absolute Gasteiger partial charge is 0.403 e. The first-order valence-electron chi connectivity index (χ1n) is 6.15. The van der Waals surface area contributed by atoms with Gasteiger partial charge in [0.25, 0.3) is 0 Å². The first-order valence-corrected chi connectivity index (χ1v) is 6.15. The lowest BCUT2D eigenvalue weighted by Gasteiger charge is -2.07. The number of aryl methyl sites for hydroxylation is 1. The van der Waals surface area contributed by atoms with Crippen molar-refractivity contribution >= 4 is 5.97 Å². The van der Waals surface area contributed by atoms with Gasteiger partial charge >= 0.3 is 11.9 Å². The molecule has 1 aromatic carbocycles. The minimum Gasteiger partial charge on any atom is -0.461 e. The third-order valence-corrected chi connectivity index (χ3v) is 2.39. The van der Waals surface area contributed by atoms with Gasteiger partial charge in [0.2, 0.25) is 0 Å². The van der Waals surface area contributed by atoms with Crippen LogP contribution >= 0.6 is 0 Å². The highest BCUT2D eigenvalue weighted by Crippen LogP contribution is 2.14. The normalized spacial score (nSPS) is 10.5. The van der Waals surface area contributed by atoms with Crippen LogP contribution in [0.1, 0.15) is 25.3 Å². The van der Waals surface area contributed by atoms with E-state index in [1.165, 1.54) is 6.92 Å². The van der Waals surface area contributed by atoms with Crippen LogP contribution in [0.25, 0.3) is 0 Å². The number of benzene rings is 1. The summed E-state index contributed by atoms with van der Waals surface area (Å²) in [4.78, 5) is 10.9. The fourth-order valence-electron chi connectivity index (χ4n) is 1.47. The molecule has 1 rings (SSSR count). The summed E-state index contributed by atoms with van der Waals surface area (Å²) in [7, 11) is 0. The molecule has 0 atom stereocenters. The summed E-state index contributed by atoms with van der Waals surface area (Å²) in [5.74, 6) is -1.28. The van der Waals surface area contributed by atoms with Crippen molar-refractivity contribution in [3.8, 4) is 11.8 Å². The molecule has 102 valence electrons. The molecule has 0 N–H and O–H groups in total. The summed E-state index contributed by atoms with van der Waals surface area (Å²) in [6.45, 7) is 1.39. The van der Waals surface area contributed by atoms with Gasteiger partial charge in [-0.2, -0.15) is 8.78 Å². The zero-order valence-corrected chi connectivity index (χ0v) is 10.8. The van der Waals surface area contributed by atoms with Crippen molar-refractivity contribution in [3.63, 3.8) is 0 Å². The number of unbranched alkanes of at least 4 members (excludes halogenated alkanes) is 1. The summed E-state index contributed by atoms with van der Waals surface area (Å²) < 4.78 is 30.5. The number of ether oxygens (including phenoxy) is 1. The van der Waals surface area contributed by atoms with Gasteiger partial charge in [0.1, 0.15) is 0 Å². The topological polar surface area (TPSA) is 26.3 Å². The molecular weight excluding hydrogens is 250 g/mol. The number of esters is 1. The van der Waals surface area contributed by atoms with Gasteiger partial charge in [0.05, 0.1) is 6.61 Å². The molecule has 0 aliphatic rings. The molecule has 0 saturated heterocycles. The Bertz CT molecular complexity index is 458. The van der Waals surface area contributed by atoms with Crippen molar-refractivity contribution in [1.29, 1.82) is 0 Å². The second-order valence-corrected chi connectivity index (χ2v) is 3.94. The minimum atomic E-state index is -3.71. The Kier molecular flexibility index (Phi) is 6.01. The van der Waals surface area contributed by atoms with E-state index < -0.39 is 11.9 Å². The molecule has 0 amide bonds. The Hall–Kier alpha value is -1.89. The van der Waals surface area contributed by atoms with Crippen LogP contribution in [0, 0.1) is 11.8 Å². The van der Waals surface area contributed by atoms with Crippen LogP contribution in [0.4, 0.5) is 8.78 Å². The van der Waals surface area contributed by atoms with E-state index in [1.54, 1.807) is 5.92 Å². The minimum absolute atomic E-state index is 0.0793. The predicted octanol–water partition coefficient (Wildman–Crippen LogP) is 3.21. The summed E-state index contributed by atoms with van der Waals surface area (Å²) >= 11 is 0. The van der Waals surface area contributed by atoms with Crippen LogP contribution in [-0.4, -0.2) is 18.5 Å². The van der Waals surface area contributed by atoms with E-state index in [1.807, 2.05) is 30.3 Å². The van der Waals surface area contributed by atoms with Gasteiger partial charge in [-0.25, -0.2) is 4.79 Å². The lowest BCUT2D eigenvalue weighted by atomic mass is 10.1. The quantitative estimate of drug-likeness (QED) is 0.465. The summed E-state index contributed by atoms with van der Waals surface area (Å²) in [5, 5.41) is 0. The summed E-state index contributed by atoms with van der Waals surface area (Å²) in [5.41, 5.74) is 1.14. The first-order chi connectivity index (χ1) is 9.06. The maximum Gasteiger partial charge on any atom is 0.403 e. The highest BCUT2D eigenvalue weighted by atomic mass is 19.3. The highest BCUT2D eigenvalue weighted by molar-refractivity contribution is 5.81. The number of hydrogen-bond donors (Lipinski definition) is 0. The van der Waals surface area contributed by atoms with Crippen molar-refractivity contribution in [2.75, 3.05) is 6.61 Å². The Morgan fingerprint density at radius 3 is 2.63 bits per heavy atom. The van der Waals surface area contributed by atoms with Crippen molar-refractivity contribution in [1.82, 2.24) is 0 Å². The molecule has 0 spiro atoms. The van der Waals surface area contributed by atoms with Gasteiger partial charge in [-0.3, -0.25) is 0 Å². The number of rotatable bonds is 5. The molecule has 0 aliphatic carbocycles. The van der Waals surface area contributed by atoms with Crippen LogP contribution in [0.2, 0.25) is 0 Å². The average molecular weight is 266 g/mol. The lowest BCUT2D eigenvalue weighted by Crippen LogP contribution is -2.28. The molecule has 0 saturated carbocycles. The molecule has 0 aliphatic heterocycles. The average Bonchev–Trinajstić information content (AvgIpc) is 2.39. The molecule has 0 radical (unpaired) electrons. The Balaban J connectivity index is 2.37. The van der Waals surface area contributed by atoms with E-state index in [0.717, 1.165) is 12.0 Å². The fourth-order valence-corrected chi connectivity index (χ4v) is 1.47. The third-order valence-electron chi connectivity index (χ3n) is 2.39. The molecular formula is C15H16F2O2. The van der Waals surface area contributed by atoms with E-state index in [2.05, 4.69) is 10.7 Å². The van der Waals surface area contributed by atoms with Gasteiger partial charge in [0, 0.05) is 6.42 Å². The molecule has 0 unspecified atom stereocenters. The summed E-state index contributed by atoms with van der Waals surface area (Å²) in [6, 6.07) is 9.72. The molecule has 1 aromatic rings. The molecule has 19 heavy (non-hydrogen) atoms. The predicted molar refractivity (Wildman–Crippen MR) is 68.7 cm³/mol. The second kappa shape index (κ2) is 7.52. The third kappa shape index (κ3) is 5.52. The van der Waals surface area contributed by atoms with Crippen molar-refractivity contribution in [3.05, 3.63) is 35.9 Å². The maximum absolute atomic E-state index is 13.1. The van der Waals surface area contributed by atoms with Gasteiger partial charge in [-0.15, -0.1) is 0 Å². The van der Waals surface area contributed by atoms with E-state index in [4.69, 9.17) is 0 Å². The van der Waals surface area contributed by atoms with Crippen LogP contribution < -0.4 is 0 Å². The van der Waals surface area contributed by atoms with E-state index in [-0.39, 0.29) is 6.61 Å². The molecule has 0 bridgehead atoms. The molecule has 0 fully saturated rings. The van der Waals surface area contributed by atoms with Crippen LogP contribution in [0.5, 0.6) is 0 Å². The standard InChI is InChI=1S/C15H16F2O2/c1-2-19-14(18)15(16,17)12-8-4-7-11-13-9-5-3-6-10-13/h3,5-6,9-10H,2,4,7,11H2,1H3. The van der Waals surface area contributed by atoms with Gasteiger partial charge in [-0.1, -0.05) is 36.3 Å². The Labute approximate surface area is 111 Å². The summed E-state index contributed by atoms with van der Waals surface area (Å²) in [6.07, 6.45) is 1.78. The monoisotopic (exact) mass is 266 g/mol. The molecule has 0 aromatic heterocycles. The lowest BCUT2D eigenvalue weighted by molar-refractivity contribution is -0.163. The zero-order valence-electron chi connectivity index (χ0n) is 10.8. The first kappa shape index (κ1) is 15.2. The molecule has 4 heteroatoms. The Morgan fingerprint density at radius 2 is 2.00 bits per heavy atom. The van der Waals surface area contributed by atoms with E-state index in [0.29, 0.717) is 12.8 Å². The highest BCUT2D eigenvalue weighted by Gasteiger charge is 2.38. The van der Waals surface area contributed by atoms with Crippen LogP contribution in [0.3, 0.4) is 0 Å². The van der Waals surface area contributed by atoms with Crippen molar-refractivity contribution in [2.45, 2.75) is 32.1 Å². The van der Waals surface area contributed by atoms with Crippen molar-refractivity contribution < 1.29 is 18.3 Å². The molecule has 0 heterocycles. The SMILES string of the molecule is CCOC(=O)C(F)(F)C#CCCCc1ccccc1. The number of alkyl halides is 2. The number of hydrogen-bond acceptors (Lipinski definition) is 2. The van der Waals surface area contributed by atoms with Crippen LogP contribution in [-0.2, 0) is 16.0 Å². The number of carbonyl (C=O) groups excluding carboxylic acids is 1. The van der Waals surface area contributed by atoms with Gasteiger partial charge in [-0.05, 0) is 31.2 Å². The largest absolute Gasteiger partial charge is 0.461 e. The Morgan fingerprint density at radius 1 is 1.32 bits per heavy atom. The number of halogens is 2. The van der Waals surface area contributed by atoms with E-state index in [9.17, 15) is 13.6 Å². The van der Waals surface area contributed by atoms with Crippen molar-refractivity contribution in [2.24, 2.45) is 0 Å². The second-order valence-electron chi connectivity index (χ2n) is 3.94. The maximum atomic E-state index is 13.1. The van der Waals surface area contributed by atoms with E-state index >= 15 is 0 Å².